The lowest BCUT2D eigenvalue weighted by atomic mass is 9.90. The molecule has 2 fully saturated rings. The topological polar surface area (TPSA) is 79.0 Å². The minimum atomic E-state index is -1.31. The Bertz CT molecular complexity index is 1350. The van der Waals surface area contributed by atoms with E-state index in [1.807, 2.05) is 30.3 Å². The molecule has 35 heavy (non-hydrogen) atoms. The van der Waals surface area contributed by atoms with Gasteiger partial charge in [-0.3, -0.25) is 14.5 Å². The molecule has 3 aromatic rings. The number of ether oxygens (including phenoxy) is 1. The molecule has 0 spiro atoms. The van der Waals surface area contributed by atoms with Gasteiger partial charge in [-0.05, 0) is 47.5 Å². The summed E-state index contributed by atoms with van der Waals surface area (Å²) in [7, 11) is 1.60. The van der Waals surface area contributed by atoms with E-state index in [1.165, 1.54) is 22.7 Å². The molecular weight excluding hydrogens is 469 g/mol. The van der Waals surface area contributed by atoms with Gasteiger partial charge in [0.1, 0.15) is 29.0 Å². The Kier molecular flexibility index (Phi) is 5.88. The fourth-order valence-corrected chi connectivity index (χ4v) is 5.88. The fourth-order valence-electron chi connectivity index (χ4n) is 4.58. The molecular formula is C26H24FN3O4S. The Morgan fingerprint density at radius 2 is 1.89 bits per heavy atom. The van der Waals surface area contributed by atoms with Gasteiger partial charge in [0.2, 0.25) is 5.91 Å². The van der Waals surface area contributed by atoms with Crippen molar-refractivity contribution in [3.63, 3.8) is 0 Å². The average molecular weight is 494 g/mol. The van der Waals surface area contributed by atoms with Gasteiger partial charge in [-0.25, -0.2) is 9.18 Å². The van der Waals surface area contributed by atoms with Crippen molar-refractivity contribution in [3.8, 4) is 5.75 Å². The molecule has 0 saturated carbocycles. The number of imide groups is 1. The van der Waals surface area contributed by atoms with Gasteiger partial charge in [0.25, 0.3) is 5.91 Å². The average Bonchev–Trinajstić information content (AvgIpc) is 3.43. The molecule has 9 heteroatoms. The molecule has 180 valence electrons. The van der Waals surface area contributed by atoms with Crippen LogP contribution >= 0.6 is 11.8 Å². The van der Waals surface area contributed by atoms with Gasteiger partial charge in [-0.1, -0.05) is 36.4 Å². The zero-order valence-corrected chi connectivity index (χ0v) is 20.1. The largest absolute Gasteiger partial charge is 0.497 e. The second kappa shape index (κ2) is 8.88. The summed E-state index contributed by atoms with van der Waals surface area (Å²) in [5.74, 6) is 0.0748. The molecule has 2 aliphatic rings. The SMILES string of the molecule is COc1ccc2cc(C3(C)NC(=O)N(CC(=O)N4CCSC4c4ccccc4F)C3=O)ccc2c1. The lowest BCUT2D eigenvalue weighted by Gasteiger charge is -2.26. The van der Waals surface area contributed by atoms with E-state index in [1.54, 1.807) is 38.3 Å². The zero-order valence-electron chi connectivity index (χ0n) is 19.3. The Morgan fingerprint density at radius 1 is 1.14 bits per heavy atom. The first-order valence-corrected chi connectivity index (χ1v) is 12.2. The van der Waals surface area contributed by atoms with Crippen molar-refractivity contribution in [2.24, 2.45) is 0 Å². The van der Waals surface area contributed by atoms with Crippen LogP contribution in [0.2, 0.25) is 0 Å². The Hall–Kier alpha value is -3.59. The molecule has 4 amide bonds. The van der Waals surface area contributed by atoms with Gasteiger partial charge in [0, 0.05) is 17.9 Å². The van der Waals surface area contributed by atoms with Crippen LogP contribution in [-0.4, -0.2) is 53.6 Å². The highest BCUT2D eigenvalue weighted by molar-refractivity contribution is 7.99. The number of halogens is 1. The number of amides is 4. The van der Waals surface area contributed by atoms with Crippen LogP contribution in [0.3, 0.4) is 0 Å². The van der Waals surface area contributed by atoms with Crippen molar-refractivity contribution in [2.75, 3.05) is 26.0 Å². The van der Waals surface area contributed by atoms with Gasteiger partial charge in [-0.15, -0.1) is 11.8 Å². The molecule has 0 radical (unpaired) electrons. The molecule has 2 aliphatic heterocycles. The van der Waals surface area contributed by atoms with E-state index < -0.39 is 35.3 Å². The summed E-state index contributed by atoms with van der Waals surface area (Å²) in [6.07, 6.45) is 0. The first-order chi connectivity index (χ1) is 16.8. The minimum absolute atomic E-state index is 0.388. The number of nitrogens with one attached hydrogen (secondary N) is 1. The van der Waals surface area contributed by atoms with Gasteiger partial charge < -0.3 is 15.0 Å². The summed E-state index contributed by atoms with van der Waals surface area (Å²) in [4.78, 5) is 41.9. The summed E-state index contributed by atoms with van der Waals surface area (Å²) in [5.41, 5.74) is -0.279. The van der Waals surface area contributed by atoms with Gasteiger partial charge in [-0.2, -0.15) is 0 Å². The summed E-state index contributed by atoms with van der Waals surface area (Å²) < 4.78 is 19.6. The summed E-state index contributed by atoms with van der Waals surface area (Å²) >= 11 is 1.46. The maximum absolute atomic E-state index is 14.4. The zero-order chi connectivity index (χ0) is 24.7. The van der Waals surface area contributed by atoms with E-state index in [0.29, 0.717) is 23.4 Å². The minimum Gasteiger partial charge on any atom is -0.497 e. The van der Waals surface area contributed by atoms with Crippen LogP contribution in [0.4, 0.5) is 9.18 Å². The van der Waals surface area contributed by atoms with Crippen LogP contribution in [0.5, 0.6) is 5.75 Å². The summed E-state index contributed by atoms with van der Waals surface area (Å²) in [6.45, 7) is 1.64. The van der Waals surface area contributed by atoms with Crippen LogP contribution in [-0.2, 0) is 15.1 Å². The highest BCUT2D eigenvalue weighted by Gasteiger charge is 2.50. The maximum atomic E-state index is 14.4. The summed E-state index contributed by atoms with van der Waals surface area (Å²) in [6, 6.07) is 16.8. The van der Waals surface area contributed by atoms with Crippen molar-refractivity contribution in [2.45, 2.75) is 17.8 Å². The van der Waals surface area contributed by atoms with Crippen molar-refractivity contribution in [1.29, 1.82) is 0 Å². The fraction of sp³-hybridized carbons (Fsp3) is 0.269. The third kappa shape index (κ3) is 3.99. The van der Waals surface area contributed by atoms with Crippen molar-refractivity contribution >= 4 is 40.4 Å². The monoisotopic (exact) mass is 493 g/mol. The number of methoxy groups -OCH3 is 1. The predicted octanol–water partition coefficient (Wildman–Crippen LogP) is 4.03. The second-order valence-electron chi connectivity index (χ2n) is 8.71. The van der Waals surface area contributed by atoms with Crippen LogP contribution in [0, 0.1) is 5.82 Å². The second-order valence-corrected chi connectivity index (χ2v) is 9.89. The highest BCUT2D eigenvalue weighted by atomic mass is 32.2. The number of fused-ring (bicyclic) bond motifs is 1. The molecule has 0 aromatic heterocycles. The van der Waals surface area contributed by atoms with E-state index in [-0.39, 0.29) is 5.82 Å². The Labute approximate surface area is 206 Å². The maximum Gasteiger partial charge on any atom is 0.325 e. The summed E-state index contributed by atoms with van der Waals surface area (Å²) in [5, 5.41) is 4.09. The van der Waals surface area contributed by atoms with Crippen molar-refractivity contribution in [1.82, 2.24) is 15.1 Å². The van der Waals surface area contributed by atoms with Gasteiger partial charge in [0.15, 0.2) is 0 Å². The Balaban J connectivity index is 1.37. The van der Waals surface area contributed by atoms with Crippen molar-refractivity contribution in [3.05, 3.63) is 77.6 Å². The first kappa shape index (κ1) is 23.2. The van der Waals surface area contributed by atoms with E-state index in [0.717, 1.165) is 21.4 Å². The number of thioether (sulfide) groups is 1. The van der Waals surface area contributed by atoms with Gasteiger partial charge in [0.05, 0.1) is 7.11 Å². The molecule has 2 saturated heterocycles. The first-order valence-electron chi connectivity index (χ1n) is 11.2. The number of benzene rings is 3. The molecule has 5 rings (SSSR count). The molecule has 0 bridgehead atoms. The number of urea groups is 1. The normalized spacial score (nSPS) is 22.1. The molecule has 2 atom stereocenters. The van der Waals surface area contributed by atoms with Crippen LogP contribution in [0.1, 0.15) is 23.4 Å². The molecule has 2 heterocycles. The van der Waals surface area contributed by atoms with E-state index in [9.17, 15) is 18.8 Å². The standard InChI is InChI=1S/C26H24FN3O4S/c1-26(18-9-7-17-14-19(34-2)10-8-16(17)13-18)24(32)30(25(33)28-26)15-22(31)29-11-12-35-23(29)20-5-3-4-6-21(20)27/h3-10,13-14,23H,11-12,15H2,1-2H3,(H,28,33). The Morgan fingerprint density at radius 3 is 2.66 bits per heavy atom. The quantitative estimate of drug-likeness (QED) is 0.543. The molecule has 0 aliphatic carbocycles. The predicted molar refractivity (Wildman–Crippen MR) is 131 cm³/mol. The molecule has 1 N–H and O–H groups in total. The number of carbonyl (C=O) groups excluding carboxylic acids is 3. The third-order valence-electron chi connectivity index (χ3n) is 6.58. The molecule has 3 aromatic carbocycles. The lowest BCUT2D eigenvalue weighted by Crippen LogP contribution is -2.44. The van der Waals surface area contributed by atoms with Crippen LogP contribution in [0.25, 0.3) is 10.8 Å². The smallest absolute Gasteiger partial charge is 0.325 e. The molecule has 7 nitrogen and oxygen atoms in total. The van der Waals surface area contributed by atoms with E-state index in [2.05, 4.69) is 5.32 Å². The number of hydrogen-bond acceptors (Lipinski definition) is 5. The number of hydrogen-bond donors (Lipinski definition) is 1. The third-order valence-corrected chi connectivity index (χ3v) is 7.82. The van der Waals surface area contributed by atoms with Gasteiger partial charge >= 0.3 is 6.03 Å². The lowest BCUT2D eigenvalue weighted by molar-refractivity contribution is -0.139. The van der Waals surface area contributed by atoms with Crippen LogP contribution in [0.15, 0.2) is 60.7 Å². The van der Waals surface area contributed by atoms with E-state index >= 15 is 0 Å². The number of rotatable bonds is 5. The molecule has 2 unspecified atom stereocenters. The van der Waals surface area contributed by atoms with Crippen LogP contribution < -0.4 is 10.1 Å². The number of nitrogens with zero attached hydrogens (tertiary/aromatic N) is 2. The van der Waals surface area contributed by atoms with E-state index in [4.69, 9.17) is 4.74 Å². The van der Waals surface area contributed by atoms with Crippen molar-refractivity contribution < 1.29 is 23.5 Å². The highest BCUT2D eigenvalue weighted by Crippen LogP contribution is 2.39. The number of carbonyl (C=O) groups is 3.